The predicted molar refractivity (Wildman–Crippen MR) is 154 cm³/mol. The summed E-state index contributed by atoms with van der Waals surface area (Å²) in [4.78, 5) is 38.7. The van der Waals surface area contributed by atoms with Crippen molar-refractivity contribution >= 4 is 74.8 Å². The number of thioether (sulfide) groups is 1. The van der Waals surface area contributed by atoms with Gasteiger partial charge >= 0.3 is 0 Å². The van der Waals surface area contributed by atoms with Crippen molar-refractivity contribution in [3.63, 3.8) is 0 Å². The van der Waals surface area contributed by atoms with Crippen LogP contribution < -0.4 is 14.8 Å². The normalized spacial score (nSPS) is 14.2. The summed E-state index contributed by atoms with van der Waals surface area (Å²) in [6.45, 7) is 2.00. The monoisotopic (exact) mass is 666 g/mol. The van der Waals surface area contributed by atoms with E-state index in [0.717, 1.165) is 25.8 Å². The number of anilines is 1. The number of carbonyl (C=O) groups excluding carboxylic acids is 3. The van der Waals surface area contributed by atoms with Crippen LogP contribution in [-0.2, 0) is 16.2 Å². The molecule has 3 aromatic rings. The third-order valence-corrected chi connectivity index (χ3v) is 7.14. The minimum Gasteiger partial charge on any atom is -0.490 e. The van der Waals surface area contributed by atoms with Crippen molar-refractivity contribution in [3.05, 3.63) is 91.1 Å². The minimum atomic E-state index is -0.609. The van der Waals surface area contributed by atoms with Crippen LogP contribution in [0.4, 0.5) is 14.9 Å². The van der Waals surface area contributed by atoms with Crippen molar-refractivity contribution in [1.82, 2.24) is 4.90 Å². The molecule has 1 aliphatic rings. The second kappa shape index (κ2) is 12.6. The zero-order valence-corrected chi connectivity index (χ0v) is 23.7. The van der Waals surface area contributed by atoms with Crippen LogP contribution in [0.1, 0.15) is 18.1 Å². The maximum Gasteiger partial charge on any atom is 0.294 e. The van der Waals surface area contributed by atoms with Crippen LogP contribution in [0.2, 0.25) is 5.02 Å². The molecule has 7 nitrogen and oxygen atoms in total. The Bertz CT molecular complexity index is 1400. The van der Waals surface area contributed by atoms with Gasteiger partial charge in [-0.15, -0.1) is 0 Å². The molecule has 4 rings (SSSR count). The number of benzene rings is 3. The number of hydrogen-bond acceptors (Lipinski definition) is 6. The first-order valence-corrected chi connectivity index (χ1v) is 13.6. The molecule has 0 radical (unpaired) electrons. The summed E-state index contributed by atoms with van der Waals surface area (Å²) >= 11 is 9.46. The summed E-state index contributed by atoms with van der Waals surface area (Å²) < 4.78 is 25.9. The molecule has 11 heteroatoms. The molecule has 0 saturated carbocycles. The van der Waals surface area contributed by atoms with Gasteiger partial charge in [0, 0.05) is 9.26 Å². The summed E-state index contributed by atoms with van der Waals surface area (Å²) in [5.41, 5.74) is 1.84. The fourth-order valence-corrected chi connectivity index (χ4v) is 4.95. The highest BCUT2D eigenvalue weighted by Crippen LogP contribution is 2.39. The number of halogens is 3. The highest BCUT2D eigenvalue weighted by atomic mass is 127. The second-order valence-corrected chi connectivity index (χ2v) is 10.6. The van der Waals surface area contributed by atoms with Gasteiger partial charge in [0.15, 0.2) is 11.5 Å². The molecular formula is C27H21ClFIN2O5S. The van der Waals surface area contributed by atoms with E-state index in [1.165, 1.54) is 30.3 Å². The number of carbonyl (C=O) groups is 3. The number of ether oxygens (including phenoxy) is 2. The first-order valence-electron chi connectivity index (χ1n) is 11.4. The van der Waals surface area contributed by atoms with Crippen LogP contribution in [0.15, 0.2) is 65.6 Å². The average Bonchev–Trinajstić information content (AvgIpc) is 3.13. The van der Waals surface area contributed by atoms with Gasteiger partial charge in [0.25, 0.3) is 11.1 Å². The van der Waals surface area contributed by atoms with Crippen LogP contribution in [0.25, 0.3) is 6.08 Å². The Hall–Kier alpha value is -3.09. The summed E-state index contributed by atoms with van der Waals surface area (Å²) in [5.74, 6) is -0.874. The van der Waals surface area contributed by atoms with Gasteiger partial charge in [-0.2, -0.15) is 0 Å². The quantitative estimate of drug-likeness (QED) is 0.201. The Morgan fingerprint density at radius 3 is 2.50 bits per heavy atom. The number of amides is 3. The SMILES string of the molecule is CCOc1cc(/C=C2\SC(=O)N(CC(=O)Nc3ccc(F)cc3)C2=O)cc(Cl)c1OCc1ccc(I)cc1. The van der Waals surface area contributed by atoms with Crippen LogP contribution in [-0.4, -0.2) is 35.1 Å². The molecule has 0 bridgehead atoms. The van der Waals surface area contributed by atoms with E-state index >= 15 is 0 Å². The fraction of sp³-hybridized carbons (Fsp3) is 0.148. The summed E-state index contributed by atoms with van der Waals surface area (Å²) in [5, 5.41) is 2.24. The van der Waals surface area contributed by atoms with E-state index in [1.807, 2.05) is 31.2 Å². The van der Waals surface area contributed by atoms with E-state index in [9.17, 15) is 18.8 Å². The predicted octanol–water partition coefficient (Wildman–Crippen LogP) is 6.74. The molecule has 196 valence electrons. The Balaban J connectivity index is 1.48. The third-order valence-electron chi connectivity index (χ3n) is 5.23. The van der Waals surface area contributed by atoms with Gasteiger partial charge in [0.1, 0.15) is 19.0 Å². The zero-order valence-electron chi connectivity index (χ0n) is 20.0. The van der Waals surface area contributed by atoms with E-state index in [-0.39, 0.29) is 16.5 Å². The molecule has 1 fully saturated rings. The molecule has 0 aromatic heterocycles. The van der Waals surface area contributed by atoms with Gasteiger partial charge in [-0.1, -0.05) is 23.7 Å². The van der Waals surface area contributed by atoms with Gasteiger partial charge in [-0.25, -0.2) is 4.39 Å². The van der Waals surface area contributed by atoms with Crippen molar-refractivity contribution in [2.24, 2.45) is 0 Å². The maximum atomic E-state index is 13.1. The van der Waals surface area contributed by atoms with Gasteiger partial charge in [-0.3, -0.25) is 19.3 Å². The number of nitrogens with one attached hydrogen (secondary N) is 1. The summed E-state index contributed by atoms with van der Waals surface area (Å²) in [7, 11) is 0. The van der Waals surface area contributed by atoms with Crippen molar-refractivity contribution in [3.8, 4) is 11.5 Å². The van der Waals surface area contributed by atoms with Crippen LogP contribution >= 0.6 is 46.0 Å². The van der Waals surface area contributed by atoms with E-state index < -0.39 is 29.4 Å². The maximum absolute atomic E-state index is 13.1. The zero-order chi connectivity index (χ0) is 27.2. The van der Waals surface area contributed by atoms with Crippen LogP contribution in [0.5, 0.6) is 11.5 Å². The number of nitrogens with zero attached hydrogens (tertiary/aromatic N) is 1. The van der Waals surface area contributed by atoms with E-state index in [2.05, 4.69) is 27.9 Å². The molecule has 0 unspecified atom stereocenters. The van der Waals surface area contributed by atoms with Crippen molar-refractivity contribution in [2.75, 3.05) is 18.5 Å². The number of imide groups is 1. The lowest BCUT2D eigenvalue weighted by Gasteiger charge is -2.15. The molecule has 1 heterocycles. The molecule has 0 spiro atoms. The fourth-order valence-electron chi connectivity index (χ4n) is 3.48. The molecule has 1 saturated heterocycles. The molecule has 38 heavy (non-hydrogen) atoms. The Kier molecular flexibility index (Phi) is 9.29. The van der Waals surface area contributed by atoms with Crippen molar-refractivity contribution in [1.29, 1.82) is 0 Å². The average molecular weight is 667 g/mol. The van der Waals surface area contributed by atoms with Gasteiger partial charge < -0.3 is 14.8 Å². The van der Waals surface area contributed by atoms with Gasteiger partial charge in [0.2, 0.25) is 5.91 Å². The van der Waals surface area contributed by atoms with E-state index in [1.54, 1.807) is 12.1 Å². The number of hydrogen-bond donors (Lipinski definition) is 1. The highest BCUT2D eigenvalue weighted by Gasteiger charge is 2.36. The summed E-state index contributed by atoms with van der Waals surface area (Å²) in [6, 6.07) is 16.3. The topological polar surface area (TPSA) is 84.9 Å². The Morgan fingerprint density at radius 2 is 1.82 bits per heavy atom. The molecular weight excluding hydrogens is 646 g/mol. The smallest absolute Gasteiger partial charge is 0.294 e. The van der Waals surface area contributed by atoms with Crippen LogP contribution in [0, 0.1) is 9.39 Å². The Labute approximate surface area is 241 Å². The minimum absolute atomic E-state index is 0.135. The largest absolute Gasteiger partial charge is 0.490 e. The standard InChI is InChI=1S/C27H21ClFIN2O5S/c1-2-36-22-12-17(11-21(28)25(22)37-15-16-3-7-19(30)8-4-16)13-23-26(34)32(27(35)38-23)14-24(33)31-20-9-5-18(29)6-10-20/h3-13H,2,14-15H2,1H3,(H,31,33)/b23-13-. The van der Waals surface area contributed by atoms with E-state index in [4.69, 9.17) is 21.1 Å². The number of rotatable bonds is 9. The Morgan fingerprint density at radius 1 is 1.11 bits per heavy atom. The molecule has 0 atom stereocenters. The van der Waals surface area contributed by atoms with Crippen molar-refractivity contribution < 1.29 is 28.2 Å². The highest BCUT2D eigenvalue weighted by molar-refractivity contribution is 14.1. The lowest BCUT2D eigenvalue weighted by Crippen LogP contribution is -2.36. The lowest BCUT2D eigenvalue weighted by molar-refractivity contribution is -0.127. The van der Waals surface area contributed by atoms with Crippen LogP contribution in [0.3, 0.4) is 0 Å². The van der Waals surface area contributed by atoms with E-state index in [0.29, 0.717) is 29.4 Å². The lowest BCUT2D eigenvalue weighted by atomic mass is 10.1. The first kappa shape index (κ1) is 27.9. The molecule has 0 aliphatic carbocycles. The third kappa shape index (κ3) is 7.06. The molecule has 1 N–H and O–H groups in total. The summed E-state index contributed by atoms with van der Waals surface area (Å²) in [6.07, 6.45) is 1.51. The first-order chi connectivity index (χ1) is 18.2. The second-order valence-electron chi connectivity index (χ2n) is 8.00. The molecule has 3 amide bonds. The molecule has 3 aromatic carbocycles. The molecule has 1 aliphatic heterocycles. The van der Waals surface area contributed by atoms with Gasteiger partial charge in [0.05, 0.1) is 16.5 Å². The van der Waals surface area contributed by atoms with Gasteiger partial charge in [-0.05, 0) is 107 Å². The van der Waals surface area contributed by atoms with Crippen molar-refractivity contribution in [2.45, 2.75) is 13.5 Å².